The number of allylic oxidation sites excluding steroid dienone is 1. The molecule has 0 fully saturated rings. The van der Waals surface area contributed by atoms with Gasteiger partial charge in [0, 0.05) is 17.0 Å². The fourth-order valence-electron chi connectivity index (χ4n) is 4.18. The zero-order valence-electron chi connectivity index (χ0n) is 17.6. The van der Waals surface area contributed by atoms with Crippen molar-refractivity contribution in [2.75, 3.05) is 14.2 Å². The van der Waals surface area contributed by atoms with Crippen LogP contribution in [-0.4, -0.2) is 26.0 Å². The van der Waals surface area contributed by atoms with Crippen LogP contribution in [0.15, 0.2) is 66.4 Å². The van der Waals surface area contributed by atoms with E-state index in [1.54, 1.807) is 32.4 Å². The van der Waals surface area contributed by atoms with Gasteiger partial charge in [0.05, 0.1) is 26.2 Å². The van der Waals surface area contributed by atoms with Crippen LogP contribution >= 0.6 is 0 Å². The summed E-state index contributed by atoms with van der Waals surface area (Å²) in [5.41, 5.74) is 2.77. The zero-order chi connectivity index (χ0) is 22.2. The van der Waals surface area contributed by atoms with E-state index in [9.17, 15) is 9.59 Å². The Balaban J connectivity index is 1.60. The van der Waals surface area contributed by atoms with Gasteiger partial charge in [0.1, 0.15) is 23.0 Å². The molecule has 1 atom stereocenters. The summed E-state index contributed by atoms with van der Waals surface area (Å²) in [6.45, 7) is 0. The minimum atomic E-state index is -0.356. The maximum Gasteiger partial charge on any atom is 0.312 e. The molecule has 0 saturated carbocycles. The Hall–Kier alpha value is -4.06. The Kier molecular flexibility index (Phi) is 4.90. The topological polar surface area (TPSA) is 71.1 Å². The van der Waals surface area contributed by atoms with Crippen molar-refractivity contribution in [3.63, 3.8) is 0 Å². The molecule has 2 aliphatic heterocycles. The lowest BCUT2D eigenvalue weighted by molar-refractivity contribution is -0.135. The predicted molar refractivity (Wildman–Crippen MR) is 117 cm³/mol. The van der Waals surface area contributed by atoms with E-state index in [4.69, 9.17) is 18.9 Å². The first-order valence-corrected chi connectivity index (χ1v) is 10.2. The van der Waals surface area contributed by atoms with Crippen molar-refractivity contribution < 1.29 is 28.5 Å². The highest BCUT2D eigenvalue weighted by molar-refractivity contribution is 6.15. The molecule has 5 rings (SSSR count). The lowest BCUT2D eigenvalue weighted by Gasteiger charge is -2.27. The van der Waals surface area contributed by atoms with Gasteiger partial charge in [0.25, 0.3) is 0 Å². The SMILES string of the molecule is COc1ccc(C=C2Oc3c(ccc4c3C(c3ccccc3OC)CC(=O)O4)C2=O)cc1. The molecule has 0 saturated heterocycles. The molecule has 0 aliphatic carbocycles. The maximum absolute atomic E-state index is 13.1. The molecule has 0 aromatic heterocycles. The second kappa shape index (κ2) is 7.89. The number of hydrogen-bond donors (Lipinski definition) is 0. The van der Waals surface area contributed by atoms with Crippen molar-refractivity contribution in [2.24, 2.45) is 0 Å². The van der Waals surface area contributed by atoms with Gasteiger partial charge in [-0.05, 0) is 42.0 Å². The third kappa shape index (κ3) is 3.30. The Labute approximate surface area is 185 Å². The minimum Gasteiger partial charge on any atom is -0.497 e. The number of ether oxygens (including phenoxy) is 4. The maximum atomic E-state index is 13.1. The first-order chi connectivity index (χ1) is 15.6. The molecule has 2 aliphatic rings. The van der Waals surface area contributed by atoms with E-state index in [1.807, 2.05) is 48.5 Å². The molecule has 0 amide bonds. The van der Waals surface area contributed by atoms with Crippen LogP contribution in [0.4, 0.5) is 0 Å². The summed E-state index contributed by atoms with van der Waals surface area (Å²) in [6.07, 6.45) is 1.82. The van der Waals surface area contributed by atoms with Crippen LogP contribution in [-0.2, 0) is 4.79 Å². The summed E-state index contributed by atoms with van der Waals surface area (Å²) < 4.78 is 22.3. The lowest BCUT2D eigenvalue weighted by Crippen LogP contribution is -2.22. The Morgan fingerprint density at radius 3 is 2.44 bits per heavy atom. The van der Waals surface area contributed by atoms with Gasteiger partial charge < -0.3 is 18.9 Å². The molecule has 2 heterocycles. The number of Topliss-reactive ketones (excluding diaryl/α,β-unsaturated/α-hetero) is 1. The molecular weight excluding hydrogens is 408 g/mol. The summed E-state index contributed by atoms with van der Waals surface area (Å²) in [5.74, 6) is 1.52. The highest BCUT2D eigenvalue weighted by atomic mass is 16.5. The fourth-order valence-corrected chi connectivity index (χ4v) is 4.18. The minimum absolute atomic E-state index is 0.124. The molecule has 3 aromatic rings. The third-order valence-electron chi connectivity index (χ3n) is 5.71. The van der Waals surface area contributed by atoms with E-state index in [0.717, 1.165) is 16.9 Å². The largest absolute Gasteiger partial charge is 0.497 e. The summed E-state index contributed by atoms with van der Waals surface area (Å²) in [4.78, 5) is 25.4. The van der Waals surface area contributed by atoms with Gasteiger partial charge in [-0.3, -0.25) is 9.59 Å². The Morgan fingerprint density at radius 1 is 0.906 bits per heavy atom. The predicted octanol–water partition coefficient (Wildman–Crippen LogP) is 4.76. The van der Waals surface area contributed by atoms with E-state index >= 15 is 0 Å². The lowest BCUT2D eigenvalue weighted by atomic mass is 9.84. The number of carbonyl (C=O) groups is 2. The van der Waals surface area contributed by atoms with Crippen LogP contribution in [0, 0.1) is 0 Å². The summed E-state index contributed by atoms with van der Waals surface area (Å²) in [6, 6.07) is 18.2. The van der Waals surface area contributed by atoms with E-state index in [1.165, 1.54) is 0 Å². The van der Waals surface area contributed by atoms with Gasteiger partial charge in [0.15, 0.2) is 5.76 Å². The van der Waals surface area contributed by atoms with Crippen LogP contribution in [0.5, 0.6) is 23.0 Å². The first-order valence-electron chi connectivity index (χ1n) is 10.2. The van der Waals surface area contributed by atoms with Crippen molar-refractivity contribution in [1.29, 1.82) is 0 Å². The molecular formula is C26H20O6. The van der Waals surface area contributed by atoms with Gasteiger partial charge in [0.2, 0.25) is 5.78 Å². The molecule has 0 spiro atoms. The van der Waals surface area contributed by atoms with Gasteiger partial charge in [-0.25, -0.2) is 0 Å². The van der Waals surface area contributed by atoms with Gasteiger partial charge in [-0.15, -0.1) is 0 Å². The molecule has 32 heavy (non-hydrogen) atoms. The van der Waals surface area contributed by atoms with Gasteiger partial charge in [-0.2, -0.15) is 0 Å². The van der Waals surface area contributed by atoms with Crippen LogP contribution in [0.25, 0.3) is 6.08 Å². The molecule has 0 bridgehead atoms. The van der Waals surface area contributed by atoms with Crippen molar-refractivity contribution in [2.45, 2.75) is 12.3 Å². The van der Waals surface area contributed by atoms with Crippen molar-refractivity contribution in [1.82, 2.24) is 0 Å². The molecule has 3 aromatic carbocycles. The van der Waals surface area contributed by atoms with Crippen molar-refractivity contribution >= 4 is 17.8 Å². The number of rotatable bonds is 4. The number of carbonyl (C=O) groups excluding carboxylic acids is 2. The monoisotopic (exact) mass is 428 g/mol. The number of hydrogen-bond acceptors (Lipinski definition) is 6. The average Bonchev–Trinajstić information content (AvgIpc) is 3.14. The highest BCUT2D eigenvalue weighted by Crippen LogP contribution is 2.50. The van der Waals surface area contributed by atoms with Crippen LogP contribution in [0.3, 0.4) is 0 Å². The summed E-state index contributed by atoms with van der Waals surface area (Å²) >= 11 is 0. The second-order valence-electron chi connectivity index (χ2n) is 7.54. The summed E-state index contributed by atoms with van der Waals surface area (Å²) in [5, 5.41) is 0. The number of fused-ring (bicyclic) bond motifs is 3. The van der Waals surface area contributed by atoms with Crippen molar-refractivity contribution in [3.8, 4) is 23.0 Å². The average molecular weight is 428 g/mol. The van der Waals surface area contributed by atoms with Crippen LogP contribution in [0.2, 0.25) is 0 Å². The second-order valence-corrected chi connectivity index (χ2v) is 7.54. The van der Waals surface area contributed by atoms with Crippen LogP contribution in [0.1, 0.15) is 39.4 Å². The molecule has 160 valence electrons. The molecule has 1 unspecified atom stereocenters. The molecule has 0 radical (unpaired) electrons. The number of esters is 1. The molecule has 0 N–H and O–H groups in total. The quantitative estimate of drug-likeness (QED) is 0.339. The number of ketones is 1. The molecule has 6 nitrogen and oxygen atoms in total. The number of benzene rings is 3. The van der Waals surface area contributed by atoms with E-state index in [-0.39, 0.29) is 29.9 Å². The highest BCUT2D eigenvalue weighted by Gasteiger charge is 2.39. The van der Waals surface area contributed by atoms with Gasteiger partial charge >= 0.3 is 5.97 Å². The van der Waals surface area contributed by atoms with Crippen molar-refractivity contribution in [3.05, 3.63) is 88.7 Å². The van der Waals surface area contributed by atoms with E-state index < -0.39 is 0 Å². The summed E-state index contributed by atoms with van der Waals surface area (Å²) in [7, 11) is 3.19. The zero-order valence-corrected chi connectivity index (χ0v) is 17.6. The standard InChI is InChI=1S/C26H20O6/c1-29-16-9-7-15(8-10-16)13-22-25(28)18-11-12-21-24(26(18)32-22)19(14-23(27)31-21)17-5-3-4-6-20(17)30-2/h3-13,19H,14H2,1-2H3. The fraction of sp³-hybridized carbons (Fsp3) is 0.154. The molecule has 6 heteroatoms. The number of para-hydroxylation sites is 1. The Morgan fingerprint density at radius 2 is 1.69 bits per heavy atom. The first kappa shape index (κ1) is 19.9. The Bertz CT molecular complexity index is 1260. The van der Waals surface area contributed by atoms with E-state index in [2.05, 4.69) is 0 Å². The van der Waals surface area contributed by atoms with E-state index in [0.29, 0.717) is 28.4 Å². The normalized spacial score (nSPS) is 17.9. The van der Waals surface area contributed by atoms with Gasteiger partial charge in [-0.1, -0.05) is 30.3 Å². The van der Waals surface area contributed by atoms with Crippen LogP contribution < -0.4 is 18.9 Å². The third-order valence-corrected chi connectivity index (χ3v) is 5.71. The smallest absolute Gasteiger partial charge is 0.312 e. The number of methoxy groups -OCH3 is 2.